The van der Waals surface area contributed by atoms with Crippen LogP contribution < -0.4 is 0 Å². The highest BCUT2D eigenvalue weighted by atomic mass is 32.2. The molecule has 1 unspecified atom stereocenters. The van der Waals surface area contributed by atoms with Crippen molar-refractivity contribution in [2.24, 2.45) is 0 Å². The molecule has 0 nitrogen and oxygen atoms in total. The maximum absolute atomic E-state index is 13.1. The third-order valence-corrected chi connectivity index (χ3v) is 2.31. The quantitative estimate of drug-likeness (QED) is 0.545. The van der Waals surface area contributed by atoms with Gasteiger partial charge in [0.15, 0.2) is 5.00 Å². The summed E-state index contributed by atoms with van der Waals surface area (Å²) in [6, 6.07) is 0. The minimum Gasteiger partial charge on any atom is -0.227 e. The van der Waals surface area contributed by atoms with Crippen LogP contribution in [-0.4, -0.2) is 11.3 Å². The standard InChI is InChI=1S/C7H9FS/c1-9-7(8)5-3-2-4-6-7/h2-5H,6H2,1H3. The molecular weight excluding hydrogens is 135 g/mol. The molecule has 1 rings (SSSR count). The Morgan fingerprint density at radius 3 is 2.67 bits per heavy atom. The Kier molecular flexibility index (Phi) is 1.96. The lowest BCUT2D eigenvalue weighted by molar-refractivity contribution is 0.358. The van der Waals surface area contributed by atoms with Crippen LogP contribution in [-0.2, 0) is 0 Å². The second-order valence-corrected chi connectivity index (χ2v) is 3.07. The topological polar surface area (TPSA) is 0 Å². The molecule has 0 N–H and O–H groups in total. The van der Waals surface area contributed by atoms with Crippen molar-refractivity contribution in [1.82, 2.24) is 0 Å². The van der Waals surface area contributed by atoms with Crippen molar-refractivity contribution in [3.8, 4) is 0 Å². The van der Waals surface area contributed by atoms with Crippen LogP contribution in [0.1, 0.15) is 6.42 Å². The van der Waals surface area contributed by atoms with Crippen LogP contribution in [0.3, 0.4) is 0 Å². The van der Waals surface area contributed by atoms with Crippen molar-refractivity contribution in [3.63, 3.8) is 0 Å². The summed E-state index contributed by atoms with van der Waals surface area (Å²) in [5.74, 6) is 0. The number of thioether (sulfide) groups is 1. The number of hydrogen-bond donors (Lipinski definition) is 0. The highest BCUT2D eigenvalue weighted by molar-refractivity contribution is 8.00. The maximum atomic E-state index is 13.1. The number of halogens is 1. The zero-order valence-electron chi connectivity index (χ0n) is 5.30. The van der Waals surface area contributed by atoms with Crippen molar-refractivity contribution in [1.29, 1.82) is 0 Å². The van der Waals surface area contributed by atoms with Crippen LogP contribution in [0.4, 0.5) is 4.39 Å². The molecule has 1 aliphatic carbocycles. The van der Waals surface area contributed by atoms with Crippen LogP contribution in [0.15, 0.2) is 24.3 Å². The second-order valence-electron chi connectivity index (χ2n) is 1.98. The van der Waals surface area contributed by atoms with E-state index in [-0.39, 0.29) is 0 Å². The fourth-order valence-corrected chi connectivity index (χ4v) is 1.20. The second kappa shape index (κ2) is 2.56. The predicted molar refractivity (Wildman–Crippen MR) is 40.3 cm³/mol. The first kappa shape index (κ1) is 6.87. The molecule has 0 spiro atoms. The fraction of sp³-hybridized carbons (Fsp3) is 0.429. The third-order valence-electron chi connectivity index (χ3n) is 1.33. The molecular formula is C7H9FS. The number of hydrogen-bond acceptors (Lipinski definition) is 1. The van der Waals surface area contributed by atoms with E-state index >= 15 is 0 Å². The Balaban J connectivity index is 2.63. The summed E-state index contributed by atoms with van der Waals surface area (Å²) in [6.45, 7) is 0. The number of rotatable bonds is 1. The molecule has 1 atom stereocenters. The van der Waals surface area contributed by atoms with Gasteiger partial charge in [0, 0.05) is 6.42 Å². The molecule has 0 aromatic heterocycles. The van der Waals surface area contributed by atoms with Gasteiger partial charge in [0.25, 0.3) is 0 Å². The molecule has 0 heterocycles. The van der Waals surface area contributed by atoms with Gasteiger partial charge in [0.2, 0.25) is 0 Å². The largest absolute Gasteiger partial charge is 0.227 e. The molecule has 2 heteroatoms. The molecule has 0 aromatic carbocycles. The van der Waals surface area contributed by atoms with Gasteiger partial charge in [0.1, 0.15) is 0 Å². The monoisotopic (exact) mass is 144 g/mol. The van der Waals surface area contributed by atoms with Gasteiger partial charge < -0.3 is 0 Å². The lowest BCUT2D eigenvalue weighted by atomic mass is 10.1. The van der Waals surface area contributed by atoms with E-state index in [1.165, 1.54) is 11.8 Å². The van der Waals surface area contributed by atoms with Crippen LogP contribution in [0.2, 0.25) is 0 Å². The summed E-state index contributed by atoms with van der Waals surface area (Å²) in [7, 11) is 0. The first-order chi connectivity index (χ1) is 4.27. The van der Waals surface area contributed by atoms with Gasteiger partial charge in [-0.25, -0.2) is 4.39 Å². The van der Waals surface area contributed by atoms with Crippen LogP contribution in [0.25, 0.3) is 0 Å². The van der Waals surface area contributed by atoms with Crippen LogP contribution >= 0.6 is 11.8 Å². The molecule has 0 amide bonds. The van der Waals surface area contributed by atoms with E-state index in [9.17, 15) is 4.39 Å². The van der Waals surface area contributed by atoms with E-state index in [1.807, 2.05) is 12.2 Å². The molecule has 1 aliphatic rings. The minimum absolute atomic E-state index is 0.505. The van der Waals surface area contributed by atoms with Crippen molar-refractivity contribution < 1.29 is 4.39 Å². The summed E-state index contributed by atoms with van der Waals surface area (Å²) in [5, 5.41) is -1.13. The molecule has 9 heavy (non-hydrogen) atoms. The fourth-order valence-electron chi connectivity index (χ4n) is 0.726. The summed E-state index contributed by atoms with van der Waals surface area (Å²) in [4.78, 5) is 0. The first-order valence-electron chi connectivity index (χ1n) is 2.85. The van der Waals surface area contributed by atoms with Crippen molar-refractivity contribution in [3.05, 3.63) is 24.3 Å². The van der Waals surface area contributed by atoms with Gasteiger partial charge in [-0.3, -0.25) is 0 Å². The zero-order chi connectivity index (χ0) is 6.74. The number of alkyl halides is 1. The van der Waals surface area contributed by atoms with E-state index in [0.29, 0.717) is 6.42 Å². The third kappa shape index (κ3) is 1.58. The number of allylic oxidation sites excluding steroid dienone is 3. The van der Waals surface area contributed by atoms with Crippen molar-refractivity contribution in [2.45, 2.75) is 11.4 Å². The summed E-state index contributed by atoms with van der Waals surface area (Å²) in [6.07, 6.45) is 9.34. The molecule has 50 valence electrons. The summed E-state index contributed by atoms with van der Waals surface area (Å²) >= 11 is 1.24. The lowest BCUT2D eigenvalue weighted by Crippen LogP contribution is -2.13. The normalized spacial score (nSPS) is 33.1. The van der Waals surface area contributed by atoms with E-state index in [2.05, 4.69) is 0 Å². The van der Waals surface area contributed by atoms with Crippen LogP contribution in [0.5, 0.6) is 0 Å². The van der Waals surface area contributed by atoms with Crippen molar-refractivity contribution >= 4 is 11.8 Å². The highest BCUT2D eigenvalue weighted by Crippen LogP contribution is 2.32. The van der Waals surface area contributed by atoms with Gasteiger partial charge in [-0.05, 0) is 12.3 Å². The molecule has 0 aromatic rings. The molecule has 0 fully saturated rings. The van der Waals surface area contributed by atoms with Gasteiger partial charge in [0.05, 0.1) is 0 Å². The molecule has 0 aliphatic heterocycles. The highest BCUT2D eigenvalue weighted by Gasteiger charge is 2.23. The molecule has 0 saturated heterocycles. The predicted octanol–water partition coefficient (Wildman–Crippen LogP) is 2.53. The Morgan fingerprint density at radius 2 is 2.33 bits per heavy atom. The Bertz CT molecular complexity index is 151. The average molecular weight is 144 g/mol. The average Bonchev–Trinajstić information content (AvgIpc) is 1.90. The first-order valence-corrected chi connectivity index (χ1v) is 4.08. The van der Waals surface area contributed by atoms with Gasteiger partial charge in [-0.15, -0.1) is 11.8 Å². The van der Waals surface area contributed by atoms with E-state index < -0.39 is 5.00 Å². The lowest BCUT2D eigenvalue weighted by Gasteiger charge is -2.18. The van der Waals surface area contributed by atoms with Gasteiger partial charge in [-0.2, -0.15) is 0 Å². The summed E-state index contributed by atoms with van der Waals surface area (Å²) in [5.41, 5.74) is 0. The van der Waals surface area contributed by atoms with E-state index in [1.54, 1.807) is 18.4 Å². The molecule has 0 saturated carbocycles. The Morgan fingerprint density at radius 1 is 1.56 bits per heavy atom. The smallest absolute Gasteiger partial charge is 0.178 e. The van der Waals surface area contributed by atoms with Gasteiger partial charge in [-0.1, -0.05) is 18.2 Å². The van der Waals surface area contributed by atoms with E-state index in [4.69, 9.17) is 0 Å². The van der Waals surface area contributed by atoms with Gasteiger partial charge >= 0.3 is 0 Å². The van der Waals surface area contributed by atoms with Crippen LogP contribution in [0, 0.1) is 0 Å². The SMILES string of the molecule is CSC1(F)C=CC=CC1. The minimum atomic E-state index is -1.13. The van der Waals surface area contributed by atoms with E-state index in [0.717, 1.165) is 0 Å². The maximum Gasteiger partial charge on any atom is 0.178 e. The molecule has 0 bridgehead atoms. The zero-order valence-corrected chi connectivity index (χ0v) is 6.12. The molecule has 0 radical (unpaired) electrons. The Hall–Kier alpha value is -0.240. The summed E-state index contributed by atoms with van der Waals surface area (Å²) < 4.78 is 13.1. The Labute approximate surface area is 58.8 Å². The van der Waals surface area contributed by atoms with Crippen molar-refractivity contribution in [2.75, 3.05) is 6.26 Å².